The molecular formula is C13H15ClN2O4. The van der Waals surface area contributed by atoms with E-state index >= 15 is 0 Å². The minimum atomic E-state index is -0.951. The van der Waals surface area contributed by atoms with Gasteiger partial charge in [-0.2, -0.15) is 0 Å². The Morgan fingerprint density at radius 2 is 2.20 bits per heavy atom. The molecule has 0 bridgehead atoms. The Bertz CT molecular complexity index is 547. The van der Waals surface area contributed by atoms with Crippen molar-refractivity contribution in [3.05, 3.63) is 17.3 Å². The molecule has 0 aliphatic heterocycles. The van der Waals surface area contributed by atoms with E-state index < -0.39 is 17.8 Å². The summed E-state index contributed by atoms with van der Waals surface area (Å²) in [6, 6.07) is 1.53. The summed E-state index contributed by atoms with van der Waals surface area (Å²) in [5.41, 5.74) is 0.354. The van der Waals surface area contributed by atoms with Crippen molar-refractivity contribution in [2.75, 3.05) is 5.32 Å². The van der Waals surface area contributed by atoms with Crippen LogP contribution in [0.3, 0.4) is 0 Å². The maximum atomic E-state index is 11.9. The molecule has 0 unspecified atom stereocenters. The average molecular weight is 299 g/mol. The van der Waals surface area contributed by atoms with Crippen molar-refractivity contribution in [3.8, 4) is 5.88 Å². The summed E-state index contributed by atoms with van der Waals surface area (Å²) < 4.78 is 5.47. The molecule has 0 radical (unpaired) electrons. The Morgan fingerprint density at radius 1 is 1.50 bits per heavy atom. The highest BCUT2D eigenvalue weighted by atomic mass is 35.5. The van der Waals surface area contributed by atoms with Gasteiger partial charge in [0, 0.05) is 6.20 Å². The quantitative estimate of drug-likeness (QED) is 0.870. The Labute approximate surface area is 121 Å². The lowest BCUT2D eigenvalue weighted by molar-refractivity contribution is -0.139. The van der Waals surface area contributed by atoms with Gasteiger partial charge in [0.25, 0.3) is 0 Å². The number of carboxylic acids is 1. The van der Waals surface area contributed by atoms with E-state index in [9.17, 15) is 9.59 Å². The van der Waals surface area contributed by atoms with E-state index in [2.05, 4.69) is 10.3 Å². The van der Waals surface area contributed by atoms with Gasteiger partial charge in [0.15, 0.2) is 0 Å². The largest absolute Gasteiger partial charge is 0.481 e. The first-order chi connectivity index (χ1) is 9.38. The number of nitrogens with zero attached hydrogens (tertiary/aromatic N) is 1. The molecule has 1 aliphatic carbocycles. The number of carbonyl (C=O) groups is 2. The Morgan fingerprint density at radius 3 is 2.75 bits per heavy atom. The molecule has 0 spiro atoms. The second-order valence-corrected chi connectivity index (χ2v) is 5.39. The molecule has 0 aromatic carbocycles. The number of nitrogens with one attached hydrogen (secondary N) is 1. The van der Waals surface area contributed by atoms with Crippen LogP contribution in [0.2, 0.25) is 5.02 Å². The van der Waals surface area contributed by atoms with Crippen LogP contribution in [0.25, 0.3) is 0 Å². The molecule has 1 heterocycles. The summed E-state index contributed by atoms with van der Waals surface area (Å²) in [7, 11) is 0. The number of hydrogen-bond acceptors (Lipinski definition) is 4. The van der Waals surface area contributed by atoms with Crippen molar-refractivity contribution < 1.29 is 19.4 Å². The SMILES string of the molecule is CC(C)Oc1ncc(Cl)cc1NC(=O)[C@@H]1C[C@H]1C(=O)O. The maximum Gasteiger partial charge on any atom is 0.307 e. The van der Waals surface area contributed by atoms with Gasteiger partial charge >= 0.3 is 5.97 Å². The van der Waals surface area contributed by atoms with Crippen LogP contribution < -0.4 is 10.1 Å². The van der Waals surface area contributed by atoms with Crippen LogP contribution in [0.5, 0.6) is 5.88 Å². The number of rotatable bonds is 5. The predicted octanol–water partition coefficient (Wildman–Crippen LogP) is 2.18. The van der Waals surface area contributed by atoms with E-state index in [1.54, 1.807) is 0 Å². The third-order valence-electron chi connectivity index (χ3n) is 2.87. The van der Waals surface area contributed by atoms with Crippen LogP contribution in [0, 0.1) is 11.8 Å². The first kappa shape index (κ1) is 14.6. The number of ether oxygens (including phenoxy) is 1. The molecule has 2 rings (SSSR count). The number of aromatic nitrogens is 1. The fourth-order valence-corrected chi connectivity index (χ4v) is 1.97. The summed E-state index contributed by atoms with van der Waals surface area (Å²) in [5.74, 6) is -2.14. The molecule has 2 atom stereocenters. The topological polar surface area (TPSA) is 88.5 Å². The standard InChI is InChI=1S/C13H15ClN2O4/c1-6(2)20-12-10(3-7(14)5-15-12)16-11(17)8-4-9(8)13(18)19/h3,5-6,8-9H,4H2,1-2H3,(H,16,17)(H,18,19)/t8-,9-/m1/s1. The third-order valence-corrected chi connectivity index (χ3v) is 3.07. The Balaban J connectivity index is 2.10. The molecule has 1 saturated carbocycles. The minimum Gasteiger partial charge on any atom is -0.481 e. The van der Waals surface area contributed by atoms with E-state index in [1.807, 2.05) is 13.8 Å². The number of carboxylic acid groups (broad SMARTS) is 1. The van der Waals surface area contributed by atoms with Gasteiger partial charge in [-0.15, -0.1) is 0 Å². The second-order valence-electron chi connectivity index (χ2n) is 4.95. The molecule has 0 saturated heterocycles. The number of anilines is 1. The highest BCUT2D eigenvalue weighted by Gasteiger charge is 2.48. The van der Waals surface area contributed by atoms with E-state index in [1.165, 1.54) is 12.3 Å². The molecule has 20 heavy (non-hydrogen) atoms. The highest BCUT2D eigenvalue weighted by Crippen LogP contribution is 2.40. The van der Waals surface area contributed by atoms with Gasteiger partial charge in [0.1, 0.15) is 5.69 Å². The van der Waals surface area contributed by atoms with Crippen LogP contribution in [0.15, 0.2) is 12.3 Å². The Hall–Kier alpha value is -1.82. The lowest BCUT2D eigenvalue weighted by Gasteiger charge is -2.13. The highest BCUT2D eigenvalue weighted by molar-refractivity contribution is 6.30. The number of pyridine rings is 1. The van der Waals surface area contributed by atoms with Crippen molar-refractivity contribution in [2.45, 2.75) is 26.4 Å². The van der Waals surface area contributed by atoms with Gasteiger partial charge in [0.2, 0.25) is 11.8 Å². The predicted molar refractivity (Wildman–Crippen MR) is 72.9 cm³/mol. The minimum absolute atomic E-state index is 0.105. The van der Waals surface area contributed by atoms with Crippen LogP contribution in [0.4, 0.5) is 5.69 Å². The molecule has 1 aromatic heterocycles. The fraction of sp³-hybridized carbons (Fsp3) is 0.462. The lowest BCUT2D eigenvalue weighted by atomic mass is 10.3. The van der Waals surface area contributed by atoms with Gasteiger partial charge in [-0.3, -0.25) is 9.59 Å². The molecule has 1 fully saturated rings. The smallest absolute Gasteiger partial charge is 0.307 e. The number of halogens is 1. The van der Waals surface area contributed by atoms with Crippen LogP contribution in [-0.4, -0.2) is 28.1 Å². The van der Waals surface area contributed by atoms with Gasteiger partial charge in [-0.05, 0) is 26.3 Å². The Kier molecular flexibility index (Phi) is 4.13. The van der Waals surface area contributed by atoms with Gasteiger partial charge < -0.3 is 15.2 Å². The summed E-state index contributed by atoms with van der Waals surface area (Å²) in [6.45, 7) is 3.67. The zero-order valence-electron chi connectivity index (χ0n) is 11.1. The van der Waals surface area contributed by atoms with E-state index in [0.717, 1.165) is 0 Å². The molecule has 1 aromatic rings. The zero-order valence-corrected chi connectivity index (χ0v) is 11.8. The molecule has 1 aliphatic rings. The second kappa shape index (κ2) is 5.66. The number of aliphatic carboxylic acids is 1. The van der Waals surface area contributed by atoms with Crippen molar-refractivity contribution in [1.29, 1.82) is 0 Å². The molecule has 108 valence electrons. The van der Waals surface area contributed by atoms with E-state index in [0.29, 0.717) is 17.1 Å². The zero-order chi connectivity index (χ0) is 14.9. The normalized spacial score (nSPS) is 20.6. The number of carbonyl (C=O) groups excluding carboxylic acids is 1. The van der Waals surface area contributed by atoms with Crippen molar-refractivity contribution in [2.24, 2.45) is 11.8 Å². The maximum absolute atomic E-state index is 11.9. The summed E-state index contributed by atoms with van der Waals surface area (Å²) in [4.78, 5) is 26.7. The summed E-state index contributed by atoms with van der Waals surface area (Å²) in [5, 5.41) is 11.8. The van der Waals surface area contributed by atoms with E-state index in [4.69, 9.17) is 21.4 Å². The van der Waals surface area contributed by atoms with Crippen molar-refractivity contribution in [1.82, 2.24) is 4.98 Å². The number of hydrogen-bond donors (Lipinski definition) is 2. The molecule has 7 heteroatoms. The van der Waals surface area contributed by atoms with Crippen LogP contribution in [0.1, 0.15) is 20.3 Å². The molecule has 2 N–H and O–H groups in total. The third kappa shape index (κ3) is 3.39. The molecule has 6 nitrogen and oxygen atoms in total. The average Bonchev–Trinajstić information content (AvgIpc) is 3.12. The number of amides is 1. The molecule has 1 amide bonds. The van der Waals surface area contributed by atoms with Crippen LogP contribution in [-0.2, 0) is 9.59 Å². The first-order valence-electron chi connectivity index (χ1n) is 6.24. The summed E-state index contributed by atoms with van der Waals surface area (Å²) >= 11 is 5.85. The van der Waals surface area contributed by atoms with Crippen molar-refractivity contribution in [3.63, 3.8) is 0 Å². The molecular weight excluding hydrogens is 284 g/mol. The van der Waals surface area contributed by atoms with E-state index in [-0.39, 0.29) is 17.9 Å². The van der Waals surface area contributed by atoms with Crippen LogP contribution >= 0.6 is 11.6 Å². The lowest BCUT2D eigenvalue weighted by Crippen LogP contribution is -2.18. The monoisotopic (exact) mass is 298 g/mol. The first-order valence-corrected chi connectivity index (χ1v) is 6.62. The summed E-state index contributed by atoms with van der Waals surface area (Å²) in [6.07, 6.45) is 1.67. The van der Waals surface area contributed by atoms with Gasteiger partial charge in [0.05, 0.1) is 23.0 Å². The van der Waals surface area contributed by atoms with Gasteiger partial charge in [-0.25, -0.2) is 4.98 Å². The van der Waals surface area contributed by atoms with Gasteiger partial charge in [-0.1, -0.05) is 11.6 Å². The fourth-order valence-electron chi connectivity index (χ4n) is 1.82. The van der Waals surface area contributed by atoms with Crippen molar-refractivity contribution >= 4 is 29.2 Å².